The van der Waals surface area contributed by atoms with E-state index in [4.69, 9.17) is 0 Å². The minimum Gasteiger partial charge on any atom is -0.387 e. The number of hydrogen-bond acceptors (Lipinski definition) is 2. The van der Waals surface area contributed by atoms with Gasteiger partial charge in [-0.05, 0) is 25.6 Å². The fourth-order valence-electron chi connectivity index (χ4n) is 1.55. The van der Waals surface area contributed by atoms with Crippen molar-refractivity contribution in [1.82, 2.24) is 4.90 Å². The molecule has 1 rings (SSSR count). The van der Waals surface area contributed by atoms with E-state index in [0.29, 0.717) is 6.54 Å². The van der Waals surface area contributed by atoms with Crippen molar-refractivity contribution >= 4 is 0 Å². The maximum Gasteiger partial charge on any atom is 0.0916 e. The van der Waals surface area contributed by atoms with E-state index in [0.717, 1.165) is 18.5 Å². The third-order valence-corrected chi connectivity index (χ3v) is 2.27. The number of likely N-dealkylation sites (N-methyl/N-ethyl adjacent to an activating group) is 1. The lowest BCUT2D eigenvalue weighted by molar-refractivity contribution is 0.127. The highest BCUT2D eigenvalue weighted by Gasteiger charge is 2.08. The number of nitrogens with zero attached hydrogens (tertiary/aromatic N) is 1. The van der Waals surface area contributed by atoms with Gasteiger partial charge in [-0.3, -0.25) is 0 Å². The molecule has 1 aromatic carbocycles. The van der Waals surface area contributed by atoms with E-state index in [1.54, 1.807) is 0 Å². The summed E-state index contributed by atoms with van der Waals surface area (Å²) in [4.78, 5) is 2.15. The fraction of sp³-hybridized carbons (Fsp3) is 0.500. The van der Waals surface area contributed by atoms with Gasteiger partial charge in [-0.1, -0.05) is 37.3 Å². The molecule has 1 aromatic rings. The Balaban J connectivity index is 2.46. The fourth-order valence-corrected chi connectivity index (χ4v) is 1.55. The lowest BCUT2D eigenvalue weighted by Crippen LogP contribution is -2.25. The summed E-state index contributed by atoms with van der Waals surface area (Å²) in [5.41, 5.74) is 0.996. The van der Waals surface area contributed by atoms with E-state index in [2.05, 4.69) is 11.8 Å². The van der Waals surface area contributed by atoms with Gasteiger partial charge >= 0.3 is 0 Å². The minimum absolute atomic E-state index is 0.368. The van der Waals surface area contributed by atoms with Crippen molar-refractivity contribution < 1.29 is 5.11 Å². The molecule has 0 spiro atoms. The van der Waals surface area contributed by atoms with E-state index >= 15 is 0 Å². The van der Waals surface area contributed by atoms with Crippen LogP contribution >= 0.6 is 0 Å². The molecule has 0 aliphatic heterocycles. The van der Waals surface area contributed by atoms with Crippen molar-refractivity contribution in [2.45, 2.75) is 19.4 Å². The lowest BCUT2D eigenvalue weighted by atomic mass is 10.1. The van der Waals surface area contributed by atoms with Crippen LogP contribution in [0.2, 0.25) is 0 Å². The normalized spacial score (nSPS) is 13.1. The van der Waals surface area contributed by atoms with Crippen LogP contribution < -0.4 is 0 Å². The molecule has 0 heterocycles. The van der Waals surface area contributed by atoms with Gasteiger partial charge < -0.3 is 10.0 Å². The highest BCUT2D eigenvalue weighted by molar-refractivity contribution is 5.17. The summed E-state index contributed by atoms with van der Waals surface area (Å²) >= 11 is 0. The zero-order valence-electron chi connectivity index (χ0n) is 8.98. The first kappa shape index (κ1) is 11.2. The van der Waals surface area contributed by atoms with Crippen LogP contribution in [0, 0.1) is 0 Å². The Bertz CT molecular complexity index is 248. The maximum absolute atomic E-state index is 9.88. The number of aliphatic hydroxyl groups excluding tert-OH is 1. The van der Waals surface area contributed by atoms with Crippen LogP contribution in [0.1, 0.15) is 25.0 Å². The van der Waals surface area contributed by atoms with Gasteiger partial charge in [0.1, 0.15) is 0 Å². The summed E-state index contributed by atoms with van der Waals surface area (Å²) < 4.78 is 0. The predicted molar refractivity (Wildman–Crippen MR) is 59.2 cm³/mol. The van der Waals surface area contributed by atoms with E-state index < -0.39 is 0 Å². The molecule has 0 aromatic heterocycles. The summed E-state index contributed by atoms with van der Waals surface area (Å²) in [6, 6.07) is 9.80. The molecule has 1 unspecified atom stereocenters. The molecule has 2 nitrogen and oxygen atoms in total. The molecule has 0 fully saturated rings. The summed E-state index contributed by atoms with van der Waals surface area (Å²) in [7, 11) is 2.04. The van der Waals surface area contributed by atoms with Gasteiger partial charge in [-0.25, -0.2) is 0 Å². The van der Waals surface area contributed by atoms with Gasteiger partial charge in [0.15, 0.2) is 0 Å². The molecule has 0 bridgehead atoms. The van der Waals surface area contributed by atoms with Gasteiger partial charge in [-0.2, -0.15) is 0 Å². The summed E-state index contributed by atoms with van der Waals surface area (Å²) in [6.07, 6.45) is 0.755. The van der Waals surface area contributed by atoms with Crippen molar-refractivity contribution in [3.05, 3.63) is 35.9 Å². The Labute approximate surface area is 86.2 Å². The third-order valence-electron chi connectivity index (χ3n) is 2.27. The molecule has 0 saturated carbocycles. The molecule has 0 aliphatic carbocycles. The highest BCUT2D eigenvalue weighted by atomic mass is 16.3. The van der Waals surface area contributed by atoms with Gasteiger partial charge in [0, 0.05) is 6.54 Å². The van der Waals surface area contributed by atoms with Crippen molar-refractivity contribution in [1.29, 1.82) is 0 Å². The first-order chi connectivity index (χ1) is 6.74. The molecule has 1 atom stereocenters. The van der Waals surface area contributed by atoms with Crippen LogP contribution in [-0.2, 0) is 0 Å². The second kappa shape index (κ2) is 5.78. The Kier molecular flexibility index (Phi) is 4.63. The zero-order chi connectivity index (χ0) is 10.4. The van der Waals surface area contributed by atoms with Crippen molar-refractivity contribution in [2.24, 2.45) is 0 Å². The third kappa shape index (κ3) is 3.48. The molecule has 0 radical (unpaired) electrons. The smallest absolute Gasteiger partial charge is 0.0916 e. The second-order valence-corrected chi connectivity index (χ2v) is 3.69. The highest BCUT2D eigenvalue weighted by Crippen LogP contribution is 2.12. The Morgan fingerprint density at radius 2 is 1.93 bits per heavy atom. The minimum atomic E-state index is -0.368. The first-order valence-corrected chi connectivity index (χ1v) is 5.15. The van der Waals surface area contributed by atoms with Crippen LogP contribution in [0.25, 0.3) is 0 Å². The van der Waals surface area contributed by atoms with E-state index in [9.17, 15) is 5.11 Å². The van der Waals surface area contributed by atoms with E-state index in [-0.39, 0.29) is 6.10 Å². The van der Waals surface area contributed by atoms with Crippen LogP contribution in [0.5, 0.6) is 0 Å². The van der Waals surface area contributed by atoms with Crippen LogP contribution in [-0.4, -0.2) is 30.1 Å². The number of hydrogen-bond donors (Lipinski definition) is 1. The standard InChI is InChI=1S/C12H19NO/c1-3-9-13(2)10-12(14)11-7-5-4-6-8-11/h4-8,12,14H,3,9-10H2,1-2H3. The summed E-state index contributed by atoms with van der Waals surface area (Å²) in [5.74, 6) is 0. The van der Waals surface area contributed by atoms with Gasteiger partial charge in [0.05, 0.1) is 6.10 Å². The van der Waals surface area contributed by atoms with Gasteiger partial charge in [0.2, 0.25) is 0 Å². The first-order valence-electron chi connectivity index (χ1n) is 5.15. The van der Waals surface area contributed by atoms with Crippen LogP contribution in [0.4, 0.5) is 0 Å². The molecule has 0 amide bonds. The Morgan fingerprint density at radius 1 is 1.29 bits per heavy atom. The Morgan fingerprint density at radius 3 is 2.50 bits per heavy atom. The van der Waals surface area contributed by atoms with Gasteiger partial charge in [-0.15, -0.1) is 0 Å². The molecule has 0 saturated heterocycles. The summed E-state index contributed by atoms with van der Waals surface area (Å²) in [6.45, 7) is 3.88. The molecular weight excluding hydrogens is 174 g/mol. The number of aliphatic hydroxyl groups is 1. The van der Waals surface area contributed by atoms with Crippen LogP contribution in [0.15, 0.2) is 30.3 Å². The molecule has 78 valence electrons. The van der Waals surface area contributed by atoms with Gasteiger partial charge in [0.25, 0.3) is 0 Å². The molecule has 0 aliphatic rings. The average molecular weight is 193 g/mol. The largest absolute Gasteiger partial charge is 0.387 e. The summed E-state index contributed by atoms with van der Waals surface area (Å²) in [5, 5.41) is 9.88. The monoisotopic (exact) mass is 193 g/mol. The number of benzene rings is 1. The van der Waals surface area contributed by atoms with E-state index in [1.807, 2.05) is 37.4 Å². The molecule has 14 heavy (non-hydrogen) atoms. The van der Waals surface area contributed by atoms with E-state index in [1.165, 1.54) is 0 Å². The topological polar surface area (TPSA) is 23.5 Å². The molecular formula is C12H19NO. The lowest BCUT2D eigenvalue weighted by Gasteiger charge is -2.19. The maximum atomic E-state index is 9.88. The average Bonchev–Trinajstić information content (AvgIpc) is 2.19. The van der Waals surface area contributed by atoms with Crippen molar-refractivity contribution in [2.75, 3.05) is 20.1 Å². The Hall–Kier alpha value is -0.860. The van der Waals surface area contributed by atoms with Crippen LogP contribution in [0.3, 0.4) is 0 Å². The number of rotatable bonds is 5. The molecule has 2 heteroatoms. The SMILES string of the molecule is CCCN(C)CC(O)c1ccccc1. The van der Waals surface area contributed by atoms with Crippen molar-refractivity contribution in [3.8, 4) is 0 Å². The predicted octanol–water partition coefficient (Wildman–Crippen LogP) is 2.06. The zero-order valence-corrected chi connectivity index (χ0v) is 8.98. The quantitative estimate of drug-likeness (QED) is 0.773. The second-order valence-electron chi connectivity index (χ2n) is 3.69. The van der Waals surface area contributed by atoms with Crippen molar-refractivity contribution in [3.63, 3.8) is 0 Å². The molecule has 1 N–H and O–H groups in total.